The highest BCUT2D eigenvalue weighted by atomic mass is 32.1. The van der Waals surface area contributed by atoms with E-state index in [1.807, 2.05) is 17.5 Å². The van der Waals surface area contributed by atoms with Crippen LogP contribution in [0.3, 0.4) is 0 Å². The molecular weight excluding hydrogens is 352 g/mol. The Morgan fingerprint density at radius 2 is 2.08 bits per heavy atom. The third-order valence-electron chi connectivity index (χ3n) is 3.52. The zero-order chi connectivity index (χ0) is 17.3. The van der Waals surface area contributed by atoms with Crippen molar-refractivity contribution >= 4 is 40.3 Å². The zero-order valence-corrected chi connectivity index (χ0v) is 14.2. The molecule has 8 heteroatoms. The van der Waals surface area contributed by atoms with Crippen LogP contribution in [0.15, 0.2) is 47.0 Å². The number of rotatable bonds is 3. The molecule has 1 atom stereocenters. The number of anilines is 1. The second kappa shape index (κ2) is 6.66. The lowest BCUT2D eigenvalue weighted by Crippen LogP contribution is -2.45. The summed E-state index contributed by atoms with van der Waals surface area (Å²) in [5.41, 5.74) is 1.23. The van der Waals surface area contributed by atoms with Gasteiger partial charge in [0.05, 0.1) is 11.6 Å². The van der Waals surface area contributed by atoms with Crippen molar-refractivity contribution in [1.82, 2.24) is 10.6 Å². The van der Waals surface area contributed by atoms with Gasteiger partial charge in [0, 0.05) is 22.3 Å². The topological polar surface area (TPSA) is 53.2 Å². The Kier molecular flexibility index (Phi) is 4.59. The summed E-state index contributed by atoms with van der Waals surface area (Å²) in [6.45, 7) is 1.74. The number of carbonyl (C=O) groups is 1. The SMILES string of the molecule is CC1=C(C(=O)Nc2ccc(F)c(F)c2)C(c2cccs2)NC(=S)N1. The largest absolute Gasteiger partial charge is 0.350 e. The molecule has 2 aromatic rings. The van der Waals surface area contributed by atoms with Gasteiger partial charge in [0.25, 0.3) is 5.91 Å². The summed E-state index contributed by atoms with van der Waals surface area (Å²) in [5.74, 6) is -2.40. The molecule has 1 aromatic carbocycles. The summed E-state index contributed by atoms with van der Waals surface area (Å²) >= 11 is 6.65. The zero-order valence-electron chi connectivity index (χ0n) is 12.5. The Labute approximate surface area is 146 Å². The van der Waals surface area contributed by atoms with Crippen molar-refractivity contribution in [3.05, 3.63) is 63.5 Å². The molecule has 0 saturated carbocycles. The van der Waals surface area contributed by atoms with E-state index in [9.17, 15) is 13.6 Å². The van der Waals surface area contributed by atoms with Gasteiger partial charge in [-0.2, -0.15) is 0 Å². The Morgan fingerprint density at radius 3 is 2.75 bits per heavy atom. The third-order valence-corrected chi connectivity index (χ3v) is 4.68. The predicted octanol–water partition coefficient (Wildman–Crippen LogP) is 3.46. The van der Waals surface area contributed by atoms with Gasteiger partial charge < -0.3 is 16.0 Å². The van der Waals surface area contributed by atoms with Gasteiger partial charge in [0.2, 0.25) is 0 Å². The van der Waals surface area contributed by atoms with Gasteiger partial charge in [0.1, 0.15) is 0 Å². The van der Waals surface area contributed by atoms with Crippen molar-refractivity contribution in [1.29, 1.82) is 0 Å². The molecule has 0 saturated heterocycles. The number of nitrogens with one attached hydrogen (secondary N) is 3. The summed E-state index contributed by atoms with van der Waals surface area (Å²) in [6, 6.07) is 6.60. The van der Waals surface area contributed by atoms with E-state index in [0.717, 1.165) is 17.0 Å². The van der Waals surface area contributed by atoms with E-state index in [0.29, 0.717) is 16.4 Å². The third kappa shape index (κ3) is 3.29. The Hall–Kier alpha value is -2.32. The number of hydrogen-bond donors (Lipinski definition) is 3. The molecule has 0 spiro atoms. The molecule has 24 heavy (non-hydrogen) atoms. The van der Waals surface area contributed by atoms with E-state index in [4.69, 9.17) is 12.2 Å². The highest BCUT2D eigenvalue weighted by Crippen LogP contribution is 2.30. The van der Waals surface area contributed by atoms with Gasteiger partial charge in [0.15, 0.2) is 16.7 Å². The fourth-order valence-electron chi connectivity index (χ4n) is 2.44. The number of allylic oxidation sites excluding steroid dienone is 1. The maximum atomic E-state index is 13.3. The first-order chi connectivity index (χ1) is 11.5. The summed E-state index contributed by atoms with van der Waals surface area (Å²) in [6.07, 6.45) is 0. The predicted molar refractivity (Wildman–Crippen MR) is 93.6 cm³/mol. The summed E-state index contributed by atoms with van der Waals surface area (Å²) in [4.78, 5) is 13.6. The van der Waals surface area contributed by atoms with E-state index >= 15 is 0 Å². The number of hydrogen-bond acceptors (Lipinski definition) is 3. The van der Waals surface area contributed by atoms with Gasteiger partial charge in [-0.3, -0.25) is 4.79 Å². The number of thiophene rings is 1. The van der Waals surface area contributed by atoms with E-state index in [2.05, 4.69) is 16.0 Å². The van der Waals surface area contributed by atoms with Crippen LogP contribution in [0.1, 0.15) is 17.8 Å². The van der Waals surface area contributed by atoms with E-state index in [-0.39, 0.29) is 5.69 Å². The lowest BCUT2D eigenvalue weighted by Gasteiger charge is -2.29. The highest BCUT2D eigenvalue weighted by Gasteiger charge is 2.30. The van der Waals surface area contributed by atoms with Gasteiger partial charge in [-0.1, -0.05) is 6.07 Å². The number of amides is 1. The minimum atomic E-state index is -1.02. The second-order valence-electron chi connectivity index (χ2n) is 5.17. The number of halogens is 2. The fraction of sp³-hybridized carbons (Fsp3) is 0.125. The molecule has 4 nitrogen and oxygen atoms in total. The van der Waals surface area contributed by atoms with Crippen molar-refractivity contribution < 1.29 is 13.6 Å². The summed E-state index contributed by atoms with van der Waals surface area (Å²) in [7, 11) is 0. The summed E-state index contributed by atoms with van der Waals surface area (Å²) < 4.78 is 26.3. The Bertz CT molecular complexity index is 834. The van der Waals surface area contributed by atoms with E-state index in [1.54, 1.807) is 6.92 Å². The minimum absolute atomic E-state index is 0.178. The molecule has 3 rings (SSSR count). The van der Waals surface area contributed by atoms with Crippen molar-refractivity contribution in [2.24, 2.45) is 0 Å². The van der Waals surface area contributed by atoms with Crippen molar-refractivity contribution in [3.63, 3.8) is 0 Å². The second-order valence-corrected chi connectivity index (χ2v) is 6.56. The average molecular weight is 365 g/mol. The summed E-state index contributed by atoms with van der Waals surface area (Å²) in [5, 5.41) is 10.9. The van der Waals surface area contributed by atoms with Crippen LogP contribution in [0.5, 0.6) is 0 Å². The van der Waals surface area contributed by atoms with Gasteiger partial charge in [-0.15, -0.1) is 11.3 Å². The molecular formula is C16H13F2N3OS2. The fourth-order valence-corrected chi connectivity index (χ4v) is 3.49. The monoisotopic (exact) mass is 365 g/mol. The first-order valence-electron chi connectivity index (χ1n) is 7.04. The van der Waals surface area contributed by atoms with Crippen LogP contribution in [0, 0.1) is 11.6 Å². The standard InChI is InChI=1S/C16H13F2N3OS2/c1-8-13(14(21-16(23)19-8)12-3-2-6-24-12)15(22)20-9-4-5-10(17)11(18)7-9/h2-7,14H,1H3,(H,20,22)(H2,19,21,23). The maximum absolute atomic E-state index is 13.3. The molecule has 1 unspecified atom stereocenters. The average Bonchev–Trinajstić information content (AvgIpc) is 3.04. The molecule has 1 aromatic heterocycles. The van der Waals surface area contributed by atoms with E-state index < -0.39 is 23.6 Å². The van der Waals surface area contributed by atoms with Crippen LogP contribution in [-0.4, -0.2) is 11.0 Å². The highest BCUT2D eigenvalue weighted by molar-refractivity contribution is 7.80. The maximum Gasteiger partial charge on any atom is 0.255 e. The Morgan fingerprint density at radius 1 is 1.29 bits per heavy atom. The number of carbonyl (C=O) groups excluding carboxylic acids is 1. The van der Waals surface area contributed by atoms with Crippen LogP contribution in [-0.2, 0) is 4.79 Å². The van der Waals surface area contributed by atoms with Crippen LogP contribution < -0.4 is 16.0 Å². The van der Waals surface area contributed by atoms with Crippen LogP contribution >= 0.6 is 23.6 Å². The molecule has 0 bridgehead atoms. The molecule has 1 aliphatic heterocycles. The lowest BCUT2D eigenvalue weighted by atomic mass is 10.0. The van der Waals surface area contributed by atoms with Crippen molar-refractivity contribution in [2.45, 2.75) is 13.0 Å². The number of thiocarbonyl (C=S) groups is 1. The molecule has 0 radical (unpaired) electrons. The Balaban J connectivity index is 1.91. The first-order valence-corrected chi connectivity index (χ1v) is 8.32. The van der Waals surface area contributed by atoms with Gasteiger partial charge in [-0.05, 0) is 42.7 Å². The normalized spacial score (nSPS) is 17.3. The first kappa shape index (κ1) is 16.5. The molecule has 0 fully saturated rings. The van der Waals surface area contributed by atoms with E-state index in [1.165, 1.54) is 17.4 Å². The quantitative estimate of drug-likeness (QED) is 0.729. The number of benzene rings is 1. The molecule has 3 N–H and O–H groups in total. The van der Waals surface area contributed by atoms with Crippen molar-refractivity contribution in [2.75, 3.05) is 5.32 Å². The van der Waals surface area contributed by atoms with Gasteiger partial charge in [-0.25, -0.2) is 8.78 Å². The molecule has 2 heterocycles. The van der Waals surface area contributed by atoms with Gasteiger partial charge >= 0.3 is 0 Å². The molecule has 1 amide bonds. The smallest absolute Gasteiger partial charge is 0.255 e. The van der Waals surface area contributed by atoms with Crippen LogP contribution in [0.4, 0.5) is 14.5 Å². The lowest BCUT2D eigenvalue weighted by molar-refractivity contribution is -0.113. The molecule has 1 aliphatic rings. The minimum Gasteiger partial charge on any atom is -0.350 e. The van der Waals surface area contributed by atoms with Crippen LogP contribution in [0.25, 0.3) is 0 Å². The van der Waals surface area contributed by atoms with Crippen molar-refractivity contribution in [3.8, 4) is 0 Å². The molecule has 124 valence electrons. The van der Waals surface area contributed by atoms with Crippen LogP contribution in [0.2, 0.25) is 0 Å². The molecule has 0 aliphatic carbocycles.